The van der Waals surface area contributed by atoms with Gasteiger partial charge in [0.1, 0.15) is 0 Å². The summed E-state index contributed by atoms with van der Waals surface area (Å²) >= 11 is 0. The molecule has 5 heteroatoms. The van der Waals surface area contributed by atoms with Gasteiger partial charge in [0.05, 0.1) is 11.6 Å². The number of anilines is 1. The van der Waals surface area contributed by atoms with Gasteiger partial charge in [-0.15, -0.1) is 0 Å². The maximum atomic E-state index is 12.8. The van der Waals surface area contributed by atoms with E-state index < -0.39 is 0 Å². The van der Waals surface area contributed by atoms with Crippen molar-refractivity contribution in [3.05, 3.63) is 77.4 Å². The van der Waals surface area contributed by atoms with Crippen molar-refractivity contribution in [3.8, 4) is 6.07 Å². The number of carbonyl (C=O) groups excluding carboxylic acids is 2. The quantitative estimate of drug-likeness (QED) is 0.787. The summed E-state index contributed by atoms with van der Waals surface area (Å²) in [4.78, 5) is 28.2. The van der Waals surface area contributed by atoms with Gasteiger partial charge in [-0.2, -0.15) is 5.26 Å². The standard InChI is InChI=1S/C22H21N3O2/c1-3-21(26)25-11-5-8-18-13-19(9-10-20(18)25)22(27)24(2)15-17-7-4-6-16(12-17)14-23/h3-4,6-7,9-10,12-13H,1,5,8,11,15H2,2H3. The fraction of sp³-hybridized carbons (Fsp3) is 0.227. The van der Waals surface area contributed by atoms with Crippen LogP contribution in [0.15, 0.2) is 55.1 Å². The second-order valence-electron chi connectivity index (χ2n) is 6.61. The van der Waals surface area contributed by atoms with Gasteiger partial charge in [-0.05, 0) is 60.4 Å². The summed E-state index contributed by atoms with van der Waals surface area (Å²) in [6.07, 6.45) is 3.02. The van der Waals surface area contributed by atoms with E-state index in [1.807, 2.05) is 24.3 Å². The second-order valence-corrected chi connectivity index (χ2v) is 6.61. The summed E-state index contributed by atoms with van der Waals surface area (Å²) in [5.74, 6) is -0.211. The number of carbonyl (C=O) groups is 2. The Labute approximate surface area is 159 Å². The van der Waals surface area contributed by atoms with E-state index in [-0.39, 0.29) is 11.8 Å². The van der Waals surface area contributed by atoms with E-state index in [0.29, 0.717) is 24.2 Å². The van der Waals surface area contributed by atoms with E-state index in [0.717, 1.165) is 29.7 Å². The molecule has 1 aliphatic heterocycles. The summed E-state index contributed by atoms with van der Waals surface area (Å²) in [5.41, 5.74) is 3.94. The Bertz CT molecular complexity index is 943. The largest absolute Gasteiger partial charge is 0.337 e. The number of fused-ring (bicyclic) bond motifs is 1. The highest BCUT2D eigenvalue weighted by Crippen LogP contribution is 2.28. The van der Waals surface area contributed by atoms with E-state index in [1.54, 1.807) is 35.0 Å². The van der Waals surface area contributed by atoms with Crippen molar-refractivity contribution in [2.45, 2.75) is 19.4 Å². The maximum Gasteiger partial charge on any atom is 0.253 e. The summed E-state index contributed by atoms with van der Waals surface area (Å²) in [6, 6.07) is 14.8. The van der Waals surface area contributed by atoms with E-state index >= 15 is 0 Å². The summed E-state index contributed by atoms with van der Waals surface area (Å²) < 4.78 is 0. The fourth-order valence-electron chi connectivity index (χ4n) is 3.37. The number of nitrogens with zero attached hydrogens (tertiary/aromatic N) is 3. The predicted octanol–water partition coefficient (Wildman–Crippen LogP) is 3.30. The van der Waals surface area contributed by atoms with Gasteiger partial charge in [-0.3, -0.25) is 9.59 Å². The minimum atomic E-state index is -0.121. The average molecular weight is 359 g/mol. The molecule has 3 rings (SSSR count). The number of amides is 2. The number of aryl methyl sites for hydroxylation is 1. The topological polar surface area (TPSA) is 64.4 Å². The molecule has 5 nitrogen and oxygen atoms in total. The second kappa shape index (κ2) is 7.88. The normalized spacial score (nSPS) is 12.7. The first kappa shape index (κ1) is 18.4. The minimum absolute atomic E-state index is 0.0904. The lowest BCUT2D eigenvalue weighted by atomic mass is 9.98. The molecule has 1 aliphatic rings. The van der Waals surface area contributed by atoms with Crippen molar-refractivity contribution in [3.63, 3.8) is 0 Å². The highest BCUT2D eigenvalue weighted by Gasteiger charge is 2.22. The van der Waals surface area contributed by atoms with Gasteiger partial charge in [-0.25, -0.2) is 0 Å². The molecule has 2 amide bonds. The molecule has 0 atom stereocenters. The molecule has 0 spiro atoms. The molecular weight excluding hydrogens is 338 g/mol. The molecule has 0 aliphatic carbocycles. The highest BCUT2D eigenvalue weighted by atomic mass is 16.2. The zero-order chi connectivity index (χ0) is 19.4. The molecule has 1 heterocycles. The van der Waals surface area contributed by atoms with Gasteiger partial charge in [-0.1, -0.05) is 18.7 Å². The van der Waals surface area contributed by atoms with Gasteiger partial charge in [0.25, 0.3) is 5.91 Å². The van der Waals surface area contributed by atoms with Crippen molar-refractivity contribution in [2.75, 3.05) is 18.5 Å². The molecule has 2 aromatic rings. The summed E-state index contributed by atoms with van der Waals surface area (Å²) in [7, 11) is 1.74. The number of hydrogen-bond donors (Lipinski definition) is 0. The molecule has 0 bridgehead atoms. The SMILES string of the molecule is C=CC(=O)N1CCCc2cc(C(=O)N(C)Cc3cccc(C#N)c3)ccc21. The molecular formula is C22H21N3O2. The van der Waals surface area contributed by atoms with Crippen molar-refractivity contribution >= 4 is 17.5 Å². The molecule has 0 unspecified atom stereocenters. The molecule has 136 valence electrons. The zero-order valence-electron chi connectivity index (χ0n) is 15.3. The third-order valence-electron chi connectivity index (χ3n) is 4.71. The van der Waals surface area contributed by atoms with Crippen LogP contribution in [0.1, 0.15) is 33.5 Å². The van der Waals surface area contributed by atoms with Crippen LogP contribution < -0.4 is 4.90 Å². The van der Waals surface area contributed by atoms with Gasteiger partial charge in [0, 0.05) is 31.4 Å². The minimum Gasteiger partial charge on any atom is -0.337 e. The Hall–Kier alpha value is -3.39. The first-order valence-corrected chi connectivity index (χ1v) is 8.85. The molecule has 0 aromatic heterocycles. The van der Waals surface area contributed by atoms with Gasteiger partial charge < -0.3 is 9.80 Å². The van der Waals surface area contributed by atoms with Crippen molar-refractivity contribution in [1.82, 2.24) is 4.90 Å². The number of rotatable bonds is 4. The van der Waals surface area contributed by atoms with Crippen LogP contribution in [-0.4, -0.2) is 30.3 Å². The first-order valence-electron chi connectivity index (χ1n) is 8.85. The Morgan fingerprint density at radius 3 is 2.85 bits per heavy atom. The molecule has 0 N–H and O–H groups in total. The zero-order valence-corrected chi connectivity index (χ0v) is 15.3. The first-order chi connectivity index (χ1) is 13.0. The number of hydrogen-bond acceptors (Lipinski definition) is 3. The highest BCUT2D eigenvalue weighted by molar-refractivity contribution is 6.02. The van der Waals surface area contributed by atoms with E-state index in [4.69, 9.17) is 5.26 Å². The molecule has 0 saturated carbocycles. The van der Waals surface area contributed by atoms with Crippen LogP contribution in [0.3, 0.4) is 0 Å². The van der Waals surface area contributed by atoms with Gasteiger partial charge in [0.15, 0.2) is 0 Å². The van der Waals surface area contributed by atoms with Gasteiger partial charge >= 0.3 is 0 Å². The Morgan fingerprint density at radius 2 is 2.11 bits per heavy atom. The van der Waals surface area contributed by atoms with E-state index in [9.17, 15) is 9.59 Å². The Morgan fingerprint density at radius 1 is 1.30 bits per heavy atom. The third-order valence-corrected chi connectivity index (χ3v) is 4.71. The fourth-order valence-corrected chi connectivity index (χ4v) is 3.37. The van der Waals surface area contributed by atoms with Gasteiger partial charge in [0.2, 0.25) is 5.91 Å². The van der Waals surface area contributed by atoms with Crippen LogP contribution in [0, 0.1) is 11.3 Å². The maximum absolute atomic E-state index is 12.8. The number of nitriles is 1. The molecule has 0 radical (unpaired) electrons. The smallest absolute Gasteiger partial charge is 0.253 e. The number of benzene rings is 2. The van der Waals surface area contributed by atoms with Crippen LogP contribution >= 0.6 is 0 Å². The van der Waals surface area contributed by atoms with Crippen molar-refractivity contribution < 1.29 is 9.59 Å². The summed E-state index contributed by atoms with van der Waals surface area (Å²) in [5, 5.41) is 9.01. The lowest BCUT2D eigenvalue weighted by Gasteiger charge is -2.29. The Balaban J connectivity index is 1.80. The van der Waals surface area contributed by atoms with Crippen LogP contribution in [0.25, 0.3) is 0 Å². The van der Waals surface area contributed by atoms with E-state index in [2.05, 4.69) is 12.6 Å². The lowest BCUT2D eigenvalue weighted by Crippen LogP contribution is -2.34. The predicted molar refractivity (Wildman–Crippen MR) is 104 cm³/mol. The molecule has 0 fully saturated rings. The lowest BCUT2D eigenvalue weighted by molar-refractivity contribution is -0.114. The molecule has 2 aromatic carbocycles. The Kier molecular flexibility index (Phi) is 5.37. The third kappa shape index (κ3) is 3.90. The summed E-state index contributed by atoms with van der Waals surface area (Å²) in [6.45, 7) is 4.65. The van der Waals surface area contributed by atoms with Crippen LogP contribution in [0.4, 0.5) is 5.69 Å². The molecule has 27 heavy (non-hydrogen) atoms. The van der Waals surface area contributed by atoms with Crippen LogP contribution in [0.2, 0.25) is 0 Å². The average Bonchev–Trinajstić information content (AvgIpc) is 2.71. The van der Waals surface area contributed by atoms with Crippen molar-refractivity contribution in [2.24, 2.45) is 0 Å². The van der Waals surface area contributed by atoms with Crippen molar-refractivity contribution in [1.29, 1.82) is 5.26 Å². The van der Waals surface area contributed by atoms with Crippen LogP contribution in [0.5, 0.6) is 0 Å². The van der Waals surface area contributed by atoms with Crippen LogP contribution in [-0.2, 0) is 17.8 Å². The monoisotopic (exact) mass is 359 g/mol. The van der Waals surface area contributed by atoms with E-state index in [1.165, 1.54) is 6.08 Å². The molecule has 0 saturated heterocycles.